The molecular weight excluding hydrogens is 432 g/mol. The first kappa shape index (κ1) is 22.4. The molecule has 1 aliphatic heterocycles. The Bertz CT molecular complexity index is 1060. The Morgan fingerprint density at radius 3 is 2.21 bits per heavy atom. The van der Waals surface area contributed by atoms with Crippen LogP contribution in [0.2, 0.25) is 0 Å². The number of rotatable bonds is 6. The molecule has 178 valence electrons. The van der Waals surface area contributed by atoms with Gasteiger partial charge < -0.3 is 20.1 Å². The van der Waals surface area contributed by atoms with E-state index in [4.69, 9.17) is 4.74 Å². The fourth-order valence-electron chi connectivity index (χ4n) is 5.89. The summed E-state index contributed by atoms with van der Waals surface area (Å²) in [5, 5.41) is 12.1. The number of carboxylic acid groups (broad SMARTS) is 1. The number of nitrogens with one attached hydrogen (secondary N) is 1. The van der Waals surface area contributed by atoms with Gasteiger partial charge in [-0.3, -0.25) is 9.59 Å². The standard InChI is InChI=1S/C27H30N2O5/c30-24(31)18-11-14-29(15-18)25(32)27(12-5-6-13-27)17-28-26(33)34-16-23-21-9-3-1-7-19(21)20-8-2-4-10-22(20)23/h1-4,7-10,18,23H,5-6,11-17H2,(H,28,33)(H,30,31). The predicted molar refractivity (Wildman–Crippen MR) is 126 cm³/mol. The summed E-state index contributed by atoms with van der Waals surface area (Å²) in [7, 11) is 0. The number of nitrogens with zero attached hydrogens (tertiary/aromatic N) is 1. The van der Waals surface area contributed by atoms with Crippen LogP contribution in [0.15, 0.2) is 48.5 Å². The SMILES string of the molecule is O=C(NCC1(C(=O)N2CCC(C(=O)O)C2)CCCC1)OCC1c2ccccc2-c2ccccc21. The second-order valence-electron chi connectivity index (χ2n) is 9.74. The second-order valence-corrected chi connectivity index (χ2v) is 9.74. The van der Waals surface area contributed by atoms with E-state index in [1.807, 2.05) is 24.3 Å². The normalized spacial score (nSPS) is 20.6. The number of hydrogen-bond acceptors (Lipinski definition) is 4. The summed E-state index contributed by atoms with van der Waals surface area (Å²) >= 11 is 0. The number of hydrogen-bond donors (Lipinski definition) is 2. The van der Waals surface area contributed by atoms with E-state index in [0.29, 0.717) is 25.8 Å². The first-order valence-electron chi connectivity index (χ1n) is 12.1. The van der Waals surface area contributed by atoms with Crippen molar-refractivity contribution >= 4 is 18.0 Å². The number of alkyl carbamates (subject to hydrolysis) is 1. The Hall–Kier alpha value is -3.35. The lowest BCUT2D eigenvalue weighted by Gasteiger charge is -2.32. The smallest absolute Gasteiger partial charge is 0.407 e. The Balaban J connectivity index is 1.21. The average Bonchev–Trinajstić information content (AvgIpc) is 3.60. The number of likely N-dealkylation sites (tertiary alicyclic amines) is 1. The van der Waals surface area contributed by atoms with E-state index < -0.39 is 23.4 Å². The number of carboxylic acids is 1. The summed E-state index contributed by atoms with van der Waals surface area (Å²) in [5.74, 6) is -1.41. The van der Waals surface area contributed by atoms with Crippen molar-refractivity contribution in [1.29, 1.82) is 0 Å². The van der Waals surface area contributed by atoms with Gasteiger partial charge in [0, 0.05) is 25.6 Å². The maximum Gasteiger partial charge on any atom is 0.407 e. The maximum atomic E-state index is 13.3. The van der Waals surface area contributed by atoms with Gasteiger partial charge in [0.2, 0.25) is 5.91 Å². The molecule has 1 atom stereocenters. The second kappa shape index (κ2) is 9.12. The van der Waals surface area contributed by atoms with Gasteiger partial charge in [0.1, 0.15) is 6.61 Å². The van der Waals surface area contributed by atoms with E-state index in [2.05, 4.69) is 29.6 Å². The third kappa shape index (κ3) is 4.04. The fourth-order valence-corrected chi connectivity index (χ4v) is 5.89. The molecule has 34 heavy (non-hydrogen) atoms. The van der Waals surface area contributed by atoms with Crippen molar-refractivity contribution in [3.63, 3.8) is 0 Å². The summed E-state index contributed by atoms with van der Waals surface area (Å²) in [6.45, 7) is 1.16. The van der Waals surface area contributed by atoms with Crippen LogP contribution in [0.25, 0.3) is 11.1 Å². The Labute approximate surface area is 199 Å². The van der Waals surface area contributed by atoms with Crippen molar-refractivity contribution in [2.24, 2.45) is 11.3 Å². The van der Waals surface area contributed by atoms with Crippen LogP contribution >= 0.6 is 0 Å². The van der Waals surface area contributed by atoms with Crippen molar-refractivity contribution in [1.82, 2.24) is 10.2 Å². The third-order valence-electron chi connectivity index (χ3n) is 7.75. The monoisotopic (exact) mass is 462 g/mol. The van der Waals surface area contributed by atoms with Gasteiger partial charge in [-0.15, -0.1) is 0 Å². The highest BCUT2D eigenvalue weighted by Crippen LogP contribution is 2.44. The third-order valence-corrected chi connectivity index (χ3v) is 7.75. The van der Waals surface area contributed by atoms with E-state index in [0.717, 1.165) is 24.0 Å². The molecule has 0 aromatic heterocycles. The van der Waals surface area contributed by atoms with Gasteiger partial charge in [-0.05, 0) is 41.5 Å². The molecule has 0 radical (unpaired) electrons. The van der Waals surface area contributed by atoms with Crippen LogP contribution < -0.4 is 5.32 Å². The molecule has 1 saturated carbocycles. The minimum absolute atomic E-state index is 0.0159. The van der Waals surface area contributed by atoms with Crippen LogP contribution in [0.4, 0.5) is 4.79 Å². The zero-order valence-electron chi connectivity index (χ0n) is 19.2. The van der Waals surface area contributed by atoms with E-state index >= 15 is 0 Å². The Morgan fingerprint density at radius 2 is 1.62 bits per heavy atom. The van der Waals surface area contributed by atoms with Crippen molar-refractivity contribution in [3.8, 4) is 11.1 Å². The molecule has 2 aromatic rings. The number of fused-ring (bicyclic) bond motifs is 3. The molecule has 7 nitrogen and oxygen atoms in total. The first-order valence-corrected chi connectivity index (χ1v) is 12.1. The molecule has 2 fully saturated rings. The van der Waals surface area contributed by atoms with Crippen molar-refractivity contribution < 1.29 is 24.2 Å². The van der Waals surface area contributed by atoms with Gasteiger partial charge in [-0.25, -0.2) is 4.79 Å². The molecular formula is C27H30N2O5. The van der Waals surface area contributed by atoms with Gasteiger partial charge in [0.05, 0.1) is 11.3 Å². The molecule has 1 heterocycles. The minimum Gasteiger partial charge on any atom is -0.481 e. The highest BCUT2D eigenvalue weighted by Gasteiger charge is 2.46. The topological polar surface area (TPSA) is 95.9 Å². The number of ether oxygens (including phenoxy) is 1. The summed E-state index contributed by atoms with van der Waals surface area (Å²) in [6, 6.07) is 16.4. The number of carbonyl (C=O) groups excluding carboxylic acids is 2. The van der Waals surface area contributed by atoms with Gasteiger partial charge in [0.15, 0.2) is 0 Å². The van der Waals surface area contributed by atoms with E-state index in [1.165, 1.54) is 11.1 Å². The van der Waals surface area contributed by atoms with Crippen molar-refractivity contribution in [2.75, 3.05) is 26.2 Å². The van der Waals surface area contributed by atoms with Gasteiger partial charge >= 0.3 is 12.1 Å². The molecule has 3 aliphatic rings. The lowest BCUT2D eigenvalue weighted by atomic mass is 9.84. The van der Waals surface area contributed by atoms with E-state index in [1.54, 1.807) is 4.90 Å². The summed E-state index contributed by atoms with van der Waals surface area (Å²) in [4.78, 5) is 39.0. The zero-order chi connectivity index (χ0) is 23.7. The molecule has 2 aliphatic carbocycles. The van der Waals surface area contributed by atoms with Crippen LogP contribution in [0, 0.1) is 11.3 Å². The summed E-state index contributed by atoms with van der Waals surface area (Å²) < 4.78 is 5.65. The molecule has 1 saturated heterocycles. The number of carbonyl (C=O) groups is 3. The summed E-state index contributed by atoms with van der Waals surface area (Å²) in [5.41, 5.74) is 3.99. The fraction of sp³-hybridized carbons (Fsp3) is 0.444. The number of aliphatic carboxylic acids is 1. The van der Waals surface area contributed by atoms with Crippen LogP contribution in [0.1, 0.15) is 49.1 Å². The van der Waals surface area contributed by atoms with E-state index in [9.17, 15) is 19.5 Å². The molecule has 1 unspecified atom stereocenters. The van der Waals surface area contributed by atoms with Gasteiger partial charge in [-0.1, -0.05) is 61.4 Å². The maximum absolute atomic E-state index is 13.3. The lowest BCUT2D eigenvalue weighted by Crippen LogP contribution is -2.48. The molecule has 2 N–H and O–H groups in total. The molecule has 2 amide bonds. The Kier molecular flexibility index (Phi) is 6.02. The van der Waals surface area contributed by atoms with Crippen LogP contribution in [0.5, 0.6) is 0 Å². The predicted octanol–water partition coefficient (Wildman–Crippen LogP) is 4.02. The lowest BCUT2D eigenvalue weighted by molar-refractivity contribution is -0.143. The van der Waals surface area contributed by atoms with Crippen LogP contribution in [-0.2, 0) is 14.3 Å². The largest absolute Gasteiger partial charge is 0.481 e. The van der Waals surface area contributed by atoms with Crippen LogP contribution in [0.3, 0.4) is 0 Å². The van der Waals surface area contributed by atoms with Gasteiger partial charge in [-0.2, -0.15) is 0 Å². The van der Waals surface area contributed by atoms with Gasteiger partial charge in [0.25, 0.3) is 0 Å². The average molecular weight is 463 g/mol. The quantitative estimate of drug-likeness (QED) is 0.676. The molecule has 7 heteroatoms. The van der Waals surface area contributed by atoms with E-state index in [-0.39, 0.29) is 31.5 Å². The Morgan fingerprint density at radius 1 is 1.00 bits per heavy atom. The van der Waals surface area contributed by atoms with Crippen molar-refractivity contribution in [2.45, 2.75) is 38.0 Å². The highest BCUT2D eigenvalue weighted by atomic mass is 16.5. The molecule has 0 spiro atoms. The van der Waals surface area contributed by atoms with Crippen molar-refractivity contribution in [3.05, 3.63) is 59.7 Å². The number of benzene rings is 2. The highest BCUT2D eigenvalue weighted by molar-refractivity contribution is 5.85. The summed E-state index contributed by atoms with van der Waals surface area (Å²) in [6.07, 6.45) is 3.21. The number of amides is 2. The molecule has 2 aromatic carbocycles. The zero-order valence-corrected chi connectivity index (χ0v) is 19.2. The van der Waals surface area contributed by atoms with Crippen LogP contribution in [-0.4, -0.2) is 54.2 Å². The first-order chi connectivity index (χ1) is 16.5. The minimum atomic E-state index is -0.854. The molecule has 0 bridgehead atoms. The molecule has 5 rings (SSSR count).